The maximum Gasteiger partial charge on any atom is 0.404 e. The summed E-state index contributed by atoms with van der Waals surface area (Å²) in [5, 5.41) is 11.1. The van der Waals surface area contributed by atoms with E-state index >= 15 is 0 Å². The first-order valence-electron chi connectivity index (χ1n) is 7.07. The average Bonchev–Trinajstić information content (AvgIpc) is 2.96. The van der Waals surface area contributed by atoms with Crippen LogP contribution >= 0.6 is 0 Å². The SMILES string of the molecule is COc1ccccc1-c1cccc2c1OC(CNC(=O)O)C2. The summed E-state index contributed by atoms with van der Waals surface area (Å²) >= 11 is 0. The Morgan fingerprint density at radius 3 is 2.82 bits per heavy atom. The van der Waals surface area contributed by atoms with Crippen LogP contribution in [0.25, 0.3) is 11.1 Å². The Balaban J connectivity index is 1.91. The monoisotopic (exact) mass is 299 g/mol. The van der Waals surface area contributed by atoms with Gasteiger partial charge in [-0.3, -0.25) is 0 Å². The van der Waals surface area contributed by atoms with E-state index in [2.05, 4.69) is 5.32 Å². The Labute approximate surface area is 128 Å². The van der Waals surface area contributed by atoms with Gasteiger partial charge in [-0.2, -0.15) is 0 Å². The summed E-state index contributed by atoms with van der Waals surface area (Å²) in [4.78, 5) is 10.6. The Kier molecular flexibility index (Phi) is 3.87. The number of fused-ring (bicyclic) bond motifs is 1. The van der Waals surface area contributed by atoms with Crippen molar-refractivity contribution in [2.75, 3.05) is 13.7 Å². The highest BCUT2D eigenvalue weighted by molar-refractivity contribution is 5.77. The van der Waals surface area contributed by atoms with Gasteiger partial charge < -0.3 is 19.9 Å². The quantitative estimate of drug-likeness (QED) is 0.911. The summed E-state index contributed by atoms with van der Waals surface area (Å²) in [5.74, 6) is 1.59. The summed E-state index contributed by atoms with van der Waals surface area (Å²) in [6.45, 7) is 0.273. The lowest BCUT2D eigenvalue weighted by Crippen LogP contribution is -2.33. The molecule has 0 radical (unpaired) electrons. The Morgan fingerprint density at radius 2 is 2.05 bits per heavy atom. The van der Waals surface area contributed by atoms with Gasteiger partial charge in [0.25, 0.3) is 0 Å². The molecule has 5 heteroatoms. The zero-order valence-corrected chi connectivity index (χ0v) is 12.2. The van der Waals surface area contributed by atoms with Crippen molar-refractivity contribution in [1.82, 2.24) is 5.32 Å². The summed E-state index contributed by atoms with van der Waals surface area (Å²) < 4.78 is 11.4. The van der Waals surface area contributed by atoms with Crippen LogP contribution < -0.4 is 14.8 Å². The molecule has 1 amide bonds. The van der Waals surface area contributed by atoms with E-state index in [1.165, 1.54) is 0 Å². The Morgan fingerprint density at radius 1 is 1.27 bits per heavy atom. The first-order chi connectivity index (χ1) is 10.7. The van der Waals surface area contributed by atoms with E-state index in [0.29, 0.717) is 6.42 Å². The van der Waals surface area contributed by atoms with E-state index in [1.54, 1.807) is 7.11 Å². The highest BCUT2D eigenvalue weighted by Gasteiger charge is 2.26. The fraction of sp³-hybridized carbons (Fsp3) is 0.235. The van der Waals surface area contributed by atoms with Crippen molar-refractivity contribution in [2.45, 2.75) is 12.5 Å². The van der Waals surface area contributed by atoms with E-state index in [9.17, 15) is 4.79 Å². The molecule has 1 unspecified atom stereocenters. The van der Waals surface area contributed by atoms with Crippen LogP contribution in [0.15, 0.2) is 42.5 Å². The van der Waals surface area contributed by atoms with Gasteiger partial charge in [-0.1, -0.05) is 36.4 Å². The second kappa shape index (κ2) is 5.97. The van der Waals surface area contributed by atoms with E-state index in [0.717, 1.165) is 28.2 Å². The van der Waals surface area contributed by atoms with Crippen LogP contribution in [0.4, 0.5) is 4.79 Å². The van der Waals surface area contributed by atoms with Crippen molar-refractivity contribution in [3.63, 3.8) is 0 Å². The zero-order chi connectivity index (χ0) is 15.5. The lowest BCUT2D eigenvalue weighted by Gasteiger charge is -2.14. The Bertz CT molecular complexity index is 699. The number of hydrogen-bond acceptors (Lipinski definition) is 3. The van der Waals surface area contributed by atoms with Gasteiger partial charge in [0.2, 0.25) is 0 Å². The number of carbonyl (C=O) groups is 1. The molecule has 0 aromatic heterocycles. The number of amides is 1. The third kappa shape index (κ3) is 2.70. The lowest BCUT2D eigenvalue weighted by atomic mass is 10.00. The molecule has 0 spiro atoms. The zero-order valence-electron chi connectivity index (χ0n) is 12.2. The summed E-state index contributed by atoms with van der Waals surface area (Å²) in [5.41, 5.74) is 3.02. The normalized spacial score (nSPS) is 15.8. The number of benzene rings is 2. The number of carboxylic acid groups (broad SMARTS) is 1. The minimum atomic E-state index is -1.04. The lowest BCUT2D eigenvalue weighted by molar-refractivity contribution is 0.181. The molecule has 0 fully saturated rings. The number of ether oxygens (including phenoxy) is 2. The van der Waals surface area contributed by atoms with Crippen LogP contribution in [0.1, 0.15) is 5.56 Å². The predicted molar refractivity (Wildman–Crippen MR) is 82.6 cm³/mol. The first-order valence-corrected chi connectivity index (χ1v) is 7.07. The topological polar surface area (TPSA) is 67.8 Å². The van der Waals surface area contributed by atoms with Crippen molar-refractivity contribution in [2.24, 2.45) is 0 Å². The summed E-state index contributed by atoms with van der Waals surface area (Å²) in [6, 6.07) is 13.8. The van der Waals surface area contributed by atoms with Gasteiger partial charge in [0.15, 0.2) is 0 Å². The number of para-hydroxylation sites is 2. The van der Waals surface area contributed by atoms with Gasteiger partial charge in [-0.05, 0) is 11.6 Å². The van der Waals surface area contributed by atoms with Crippen molar-refractivity contribution in [3.05, 3.63) is 48.0 Å². The molecular formula is C17H17NO4. The highest BCUT2D eigenvalue weighted by Crippen LogP contribution is 2.41. The molecule has 1 heterocycles. The molecule has 5 nitrogen and oxygen atoms in total. The smallest absolute Gasteiger partial charge is 0.404 e. The molecular weight excluding hydrogens is 282 g/mol. The van der Waals surface area contributed by atoms with Gasteiger partial charge in [0.1, 0.15) is 17.6 Å². The minimum Gasteiger partial charge on any atom is -0.496 e. The van der Waals surface area contributed by atoms with Crippen LogP contribution in [0, 0.1) is 0 Å². The minimum absolute atomic E-state index is 0.179. The molecule has 1 aliphatic rings. The second-order valence-electron chi connectivity index (χ2n) is 5.12. The number of hydrogen-bond donors (Lipinski definition) is 2. The standard InChI is InChI=1S/C17H17NO4/c1-21-15-8-3-2-6-13(15)14-7-4-5-11-9-12(22-16(11)14)10-18-17(19)20/h2-8,12,18H,9-10H2,1H3,(H,19,20). The third-order valence-corrected chi connectivity index (χ3v) is 3.71. The number of rotatable bonds is 4. The fourth-order valence-corrected chi connectivity index (χ4v) is 2.73. The summed E-state index contributed by atoms with van der Waals surface area (Å²) in [7, 11) is 1.64. The molecule has 22 heavy (non-hydrogen) atoms. The van der Waals surface area contributed by atoms with Crippen LogP contribution in [0.2, 0.25) is 0 Å². The van der Waals surface area contributed by atoms with E-state index in [1.807, 2.05) is 42.5 Å². The second-order valence-corrected chi connectivity index (χ2v) is 5.12. The van der Waals surface area contributed by atoms with Crippen molar-refractivity contribution >= 4 is 6.09 Å². The number of methoxy groups -OCH3 is 1. The average molecular weight is 299 g/mol. The van der Waals surface area contributed by atoms with Gasteiger partial charge in [-0.25, -0.2) is 4.79 Å². The molecule has 2 aromatic rings. The van der Waals surface area contributed by atoms with Crippen LogP contribution in [-0.4, -0.2) is 31.0 Å². The largest absolute Gasteiger partial charge is 0.496 e. The van der Waals surface area contributed by atoms with Crippen molar-refractivity contribution < 1.29 is 19.4 Å². The molecule has 0 saturated carbocycles. The van der Waals surface area contributed by atoms with Gasteiger partial charge in [0.05, 0.1) is 13.7 Å². The maximum absolute atomic E-state index is 10.6. The molecule has 1 atom stereocenters. The van der Waals surface area contributed by atoms with Gasteiger partial charge in [0, 0.05) is 17.5 Å². The number of nitrogens with one attached hydrogen (secondary N) is 1. The fourth-order valence-electron chi connectivity index (χ4n) is 2.73. The molecule has 114 valence electrons. The van der Waals surface area contributed by atoms with Crippen molar-refractivity contribution in [3.8, 4) is 22.6 Å². The maximum atomic E-state index is 10.6. The molecule has 2 aromatic carbocycles. The molecule has 0 bridgehead atoms. The van der Waals surface area contributed by atoms with E-state index in [-0.39, 0.29) is 12.6 Å². The Hall–Kier alpha value is -2.69. The predicted octanol–water partition coefficient (Wildman–Crippen LogP) is 2.93. The van der Waals surface area contributed by atoms with E-state index in [4.69, 9.17) is 14.6 Å². The van der Waals surface area contributed by atoms with Crippen LogP contribution in [0.5, 0.6) is 11.5 Å². The molecule has 1 aliphatic heterocycles. The van der Waals surface area contributed by atoms with E-state index < -0.39 is 6.09 Å². The first kappa shape index (κ1) is 14.3. The third-order valence-electron chi connectivity index (χ3n) is 3.71. The highest BCUT2D eigenvalue weighted by atomic mass is 16.5. The molecule has 0 saturated heterocycles. The summed E-state index contributed by atoms with van der Waals surface area (Å²) in [6.07, 6.45) is -0.523. The van der Waals surface area contributed by atoms with Crippen LogP contribution in [-0.2, 0) is 6.42 Å². The molecule has 0 aliphatic carbocycles. The van der Waals surface area contributed by atoms with Gasteiger partial charge >= 0.3 is 6.09 Å². The molecule has 2 N–H and O–H groups in total. The van der Waals surface area contributed by atoms with Crippen molar-refractivity contribution in [1.29, 1.82) is 0 Å². The molecule has 3 rings (SSSR count). The van der Waals surface area contributed by atoms with Gasteiger partial charge in [-0.15, -0.1) is 0 Å². The van der Waals surface area contributed by atoms with Crippen LogP contribution in [0.3, 0.4) is 0 Å².